The molecular formula is C9H16N4O2S. The first-order valence-electron chi connectivity index (χ1n) is 4.84. The van der Waals surface area contributed by atoms with Gasteiger partial charge in [-0.25, -0.2) is 4.68 Å². The van der Waals surface area contributed by atoms with Crippen LogP contribution in [-0.4, -0.2) is 31.7 Å². The number of esters is 1. The third kappa shape index (κ3) is 3.73. The summed E-state index contributed by atoms with van der Waals surface area (Å²) in [6.45, 7) is 7.22. The van der Waals surface area contributed by atoms with Gasteiger partial charge in [0.1, 0.15) is 17.2 Å². The van der Waals surface area contributed by atoms with Gasteiger partial charge >= 0.3 is 5.97 Å². The van der Waals surface area contributed by atoms with Crippen molar-refractivity contribution >= 4 is 17.7 Å². The third-order valence-electron chi connectivity index (χ3n) is 1.56. The molecule has 0 fully saturated rings. The van der Waals surface area contributed by atoms with Crippen molar-refractivity contribution in [2.75, 3.05) is 5.84 Å². The molecule has 0 aliphatic carbocycles. The Morgan fingerprint density at radius 2 is 2.25 bits per heavy atom. The van der Waals surface area contributed by atoms with Crippen LogP contribution < -0.4 is 5.84 Å². The minimum Gasteiger partial charge on any atom is -0.459 e. The van der Waals surface area contributed by atoms with Gasteiger partial charge in [-0.1, -0.05) is 11.8 Å². The second-order valence-electron chi connectivity index (χ2n) is 4.31. The summed E-state index contributed by atoms with van der Waals surface area (Å²) in [7, 11) is 0. The standard InChI is InChI=1S/C9H16N4O2S/c1-6(7(14)15-9(2,3)4)16-8-12-11-5-13(8)10/h5-6H,10H2,1-4H3. The van der Waals surface area contributed by atoms with Crippen LogP contribution >= 0.6 is 11.8 Å². The largest absolute Gasteiger partial charge is 0.459 e. The van der Waals surface area contributed by atoms with Gasteiger partial charge in [-0.2, -0.15) is 0 Å². The van der Waals surface area contributed by atoms with Crippen LogP contribution in [0.15, 0.2) is 11.5 Å². The molecule has 1 atom stereocenters. The zero-order valence-electron chi connectivity index (χ0n) is 9.80. The number of nitrogen functional groups attached to an aromatic ring is 1. The minimum atomic E-state index is -0.484. The Hall–Kier alpha value is -1.24. The number of carbonyl (C=O) groups excluding carboxylic acids is 1. The van der Waals surface area contributed by atoms with E-state index in [0.29, 0.717) is 5.16 Å². The van der Waals surface area contributed by atoms with Crippen LogP contribution in [0.1, 0.15) is 27.7 Å². The van der Waals surface area contributed by atoms with Crippen molar-refractivity contribution in [3.8, 4) is 0 Å². The minimum absolute atomic E-state index is 0.291. The highest BCUT2D eigenvalue weighted by atomic mass is 32.2. The smallest absolute Gasteiger partial charge is 0.319 e. The van der Waals surface area contributed by atoms with E-state index in [1.807, 2.05) is 20.8 Å². The van der Waals surface area contributed by atoms with Crippen molar-refractivity contribution in [1.29, 1.82) is 0 Å². The second kappa shape index (κ2) is 4.73. The molecular weight excluding hydrogens is 228 g/mol. The third-order valence-corrected chi connectivity index (χ3v) is 2.61. The summed E-state index contributed by atoms with van der Waals surface area (Å²) in [5.74, 6) is 5.24. The van der Waals surface area contributed by atoms with E-state index in [1.54, 1.807) is 6.92 Å². The SMILES string of the molecule is CC(Sc1nncn1N)C(=O)OC(C)(C)C. The summed E-state index contributed by atoms with van der Waals surface area (Å²) in [4.78, 5) is 11.7. The van der Waals surface area contributed by atoms with Crippen molar-refractivity contribution in [1.82, 2.24) is 14.9 Å². The average molecular weight is 244 g/mol. The fourth-order valence-electron chi connectivity index (χ4n) is 0.907. The van der Waals surface area contributed by atoms with E-state index in [1.165, 1.54) is 22.8 Å². The van der Waals surface area contributed by atoms with Gasteiger partial charge in [0.25, 0.3) is 0 Å². The average Bonchev–Trinajstić information content (AvgIpc) is 2.49. The molecule has 2 N–H and O–H groups in total. The maximum absolute atomic E-state index is 11.7. The molecule has 0 aliphatic heterocycles. The van der Waals surface area contributed by atoms with Gasteiger partial charge < -0.3 is 10.6 Å². The summed E-state index contributed by atoms with van der Waals surface area (Å²) >= 11 is 1.22. The van der Waals surface area contributed by atoms with Gasteiger partial charge in [-0.05, 0) is 27.7 Å². The van der Waals surface area contributed by atoms with E-state index in [4.69, 9.17) is 10.6 Å². The first-order chi connectivity index (χ1) is 7.29. The number of nitrogens with zero attached hydrogens (tertiary/aromatic N) is 3. The Labute approximate surface area is 98.5 Å². The number of hydrogen-bond donors (Lipinski definition) is 1. The summed E-state index contributed by atoms with van der Waals surface area (Å²) in [6.07, 6.45) is 1.38. The van der Waals surface area contributed by atoms with Gasteiger partial charge in [0.05, 0.1) is 0 Å². The number of carbonyl (C=O) groups is 1. The van der Waals surface area contributed by atoms with Gasteiger partial charge in [-0.3, -0.25) is 4.79 Å². The molecule has 0 bridgehead atoms. The van der Waals surface area contributed by atoms with Crippen LogP contribution in [0.5, 0.6) is 0 Å². The molecule has 1 rings (SSSR count). The fourth-order valence-corrected chi connectivity index (χ4v) is 1.63. The van der Waals surface area contributed by atoms with Crippen LogP contribution in [0.4, 0.5) is 0 Å². The summed E-state index contributed by atoms with van der Waals surface area (Å²) in [6, 6.07) is 0. The van der Waals surface area contributed by atoms with Crippen molar-refractivity contribution < 1.29 is 9.53 Å². The molecule has 0 aliphatic rings. The first-order valence-corrected chi connectivity index (χ1v) is 5.72. The van der Waals surface area contributed by atoms with Crippen LogP contribution in [0.25, 0.3) is 0 Å². The van der Waals surface area contributed by atoms with E-state index in [0.717, 1.165) is 0 Å². The Balaban J connectivity index is 2.56. The van der Waals surface area contributed by atoms with Crippen molar-refractivity contribution in [2.24, 2.45) is 0 Å². The molecule has 0 aromatic carbocycles. The van der Waals surface area contributed by atoms with Crippen LogP contribution in [0.2, 0.25) is 0 Å². The molecule has 0 saturated heterocycles. The predicted octanol–water partition coefficient (Wildman–Crippen LogP) is 0.814. The number of nitrogens with two attached hydrogens (primary N) is 1. The Morgan fingerprint density at radius 3 is 2.69 bits per heavy atom. The highest BCUT2D eigenvalue weighted by Crippen LogP contribution is 2.22. The van der Waals surface area contributed by atoms with Gasteiger partial charge in [0.2, 0.25) is 5.16 Å². The van der Waals surface area contributed by atoms with Crippen molar-refractivity contribution in [3.05, 3.63) is 6.33 Å². The number of aromatic nitrogens is 3. The Kier molecular flexibility index (Phi) is 3.79. The first kappa shape index (κ1) is 12.8. The lowest BCUT2D eigenvalue weighted by atomic mass is 10.2. The Morgan fingerprint density at radius 1 is 1.62 bits per heavy atom. The molecule has 1 heterocycles. The molecule has 0 radical (unpaired) electrons. The number of ether oxygens (including phenoxy) is 1. The van der Waals surface area contributed by atoms with E-state index in [9.17, 15) is 4.79 Å². The van der Waals surface area contributed by atoms with Gasteiger partial charge in [-0.15, -0.1) is 10.2 Å². The molecule has 0 amide bonds. The highest BCUT2D eigenvalue weighted by Gasteiger charge is 2.23. The second-order valence-corrected chi connectivity index (χ2v) is 5.62. The zero-order chi connectivity index (χ0) is 12.3. The summed E-state index contributed by atoms with van der Waals surface area (Å²) in [5.41, 5.74) is -0.484. The molecule has 1 aromatic rings. The molecule has 7 heteroatoms. The molecule has 16 heavy (non-hydrogen) atoms. The predicted molar refractivity (Wildman–Crippen MR) is 61.3 cm³/mol. The number of thioether (sulfide) groups is 1. The topological polar surface area (TPSA) is 83.0 Å². The fraction of sp³-hybridized carbons (Fsp3) is 0.667. The lowest BCUT2D eigenvalue weighted by Gasteiger charge is -2.21. The normalized spacial score (nSPS) is 13.5. The number of hydrogen-bond acceptors (Lipinski definition) is 6. The summed E-state index contributed by atoms with van der Waals surface area (Å²) in [5, 5.41) is 7.52. The summed E-state index contributed by atoms with van der Waals surface area (Å²) < 4.78 is 6.50. The molecule has 0 saturated carbocycles. The van der Waals surface area contributed by atoms with Gasteiger partial charge in [0.15, 0.2) is 0 Å². The van der Waals surface area contributed by atoms with E-state index in [-0.39, 0.29) is 11.2 Å². The van der Waals surface area contributed by atoms with Crippen molar-refractivity contribution in [2.45, 2.75) is 43.7 Å². The molecule has 0 spiro atoms. The van der Waals surface area contributed by atoms with E-state index >= 15 is 0 Å². The zero-order valence-corrected chi connectivity index (χ0v) is 10.6. The number of rotatable bonds is 3. The lowest BCUT2D eigenvalue weighted by molar-refractivity contribution is -0.153. The van der Waals surface area contributed by atoms with Crippen LogP contribution in [-0.2, 0) is 9.53 Å². The van der Waals surface area contributed by atoms with E-state index < -0.39 is 5.60 Å². The lowest BCUT2D eigenvalue weighted by Crippen LogP contribution is -2.29. The quantitative estimate of drug-likeness (QED) is 0.481. The monoisotopic (exact) mass is 244 g/mol. The van der Waals surface area contributed by atoms with Crippen molar-refractivity contribution in [3.63, 3.8) is 0 Å². The Bertz CT molecular complexity index is 372. The molecule has 1 aromatic heterocycles. The van der Waals surface area contributed by atoms with E-state index in [2.05, 4.69) is 10.2 Å². The van der Waals surface area contributed by atoms with Gasteiger partial charge in [0, 0.05) is 0 Å². The maximum Gasteiger partial charge on any atom is 0.319 e. The van der Waals surface area contributed by atoms with Crippen LogP contribution in [0.3, 0.4) is 0 Å². The molecule has 90 valence electrons. The highest BCUT2D eigenvalue weighted by molar-refractivity contribution is 8.00. The molecule has 6 nitrogen and oxygen atoms in total. The molecule has 1 unspecified atom stereocenters. The van der Waals surface area contributed by atoms with Crippen LogP contribution in [0, 0.1) is 0 Å². The maximum atomic E-state index is 11.7.